The molecule has 2 rings (SSSR count). The summed E-state index contributed by atoms with van der Waals surface area (Å²) < 4.78 is 0. The Balaban J connectivity index is 2.56. The van der Waals surface area contributed by atoms with Crippen molar-refractivity contribution in [1.29, 1.82) is 0 Å². The maximum atomic E-state index is 11.1. The summed E-state index contributed by atoms with van der Waals surface area (Å²) in [5, 5.41) is 22.2. The molecule has 0 fully saturated rings. The van der Waals surface area contributed by atoms with Crippen LogP contribution < -0.4 is 0 Å². The maximum Gasteiger partial charge on any atom is 0.144 e. The van der Waals surface area contributed by atoms with Gasteiger partial charge in [0.05, 0.1) is 0 Å². The van der Waals surface area contributed by atoms with Gasteiger partial charge in [0.15, 0.2) is 0 Å². The zero-order chi connectivity index (χ0) is 28.8. The molecule has 0 heterocycles. The SMILES string of the molecule is CC(C)(C=Nc1cc(C(C)(C)C)cc(C(C)(C)C)c1O)C=Nc1cc(C(C)(C)C)cc(C(C)(C)C)c1O. The van der Waals surface area contributed by atoms with Gasteiger partial charge in [-0.2, -0.15) is 0 Å². The number of benzene rings is 2. The van der Waals surface area contributed by atoms with Gasteiger partial charge in [-0.15, -0.1) is 0 Å². The van der Waals surface area contributed by atoms with Crippen LogP contribution in [0.2, 0.25) is 0 Å². The minimum Gasteiger partial charge on any atom is -0.505 e. The van der Waals surface area contributed by atoms with E-state index in [4.69, 9.17) is 9.98 Å². The molecule has 0 aliphatic rings. The molecule has 0 spiro atoms. The number of hydrogen-bond donors (Lipinski definition) is 2. The van der Waals surface area contributed by atoms with Crippen LogP contribution in [-0.2, 0) is 21.7 Å². The van der Waals surface area contributed by atoms with Gasteiger partial charge in [-0.05, 0) is 58.8 Å². The van der Waals surface area contributed by atoms with E-state index in [1.807, 2.05) is 38.4 Å². The first-order valence-corrected chi connectivity index (χ1v) is 13.3. The van der Waals surface area contributed by atoms with E-state index in [-0.39, 0.29) is 33.2 Å². The molecule has 0 unspecified atom stereocenters. The van der Waals surface area contributed by atoms with Gasteiger partial charge in [-0.3, -0.25) is 9.98 Å². The number of aliphatic imine (C=N–C) groups is 2. The Labute approximate surface area is 226 Å². The molecule has 0 saturated carbocycles. The third-order valence-electron chi connectivity index (χ3n) is 6.60. The summed E-state index contributed by atoms with van der Waals surface area (Å²) in [5.41, 5.74) is 4.06. The van der Waals surface area contributed by atoms with Gasteiger partial charge in [0.25, 0.3) is 0 Å². The average molecular weight is 507 g/mol. The fourth-order valence-electron chi connectivity index (χ4n) is 3.95. The lowest BCUT2D eigenvalue weighted by atomic mass is 9.79. The van der Waals surface area contributed by atoms with Crippen molar-refractivity contribution >= 4 is 23.8 Å². The van der Waals surface area contributed by atoms with Crippen LogP contribution in [0.25, 0.3) is 0 Å². The lowest BCUT2D eigenvalue weighted by Crippen LogP contribution is -2.17. The van der Waals surface area contributed by atoms with Crippen molar-refractivity contribution in [1.82, 2.24) is 0 Å². The van der Waals surface area contributed by atoms with Crippen molar-refractivity contribution in [3.05, 3.63) is 46.5 Å². The molecule has 4 nitrogen and oxygen atoms in total. The highest BCUT2D eigenvalue weighted by atomic mass is 16.3. The molecule has 0 radical (unpaired) electrons. The highest BCUT2D eigenvalue weighted by Crippen LogP contribution is 2.43. The van der Waals surface area contributed by atoms with Gasteiger partial charge in [0.2, 0.25) is 0 Å². The van der Waals surface area contributed by atoms with Crippen molar-refractivity contribution in [2.75, 3.05) is 0 Å². The van der Waals surface area contributed by atoms with Gasteiger partial charge in [-0.1, -0.05) is 95.2 Å². The molecule has 2 aromatic carbocycles. The second kappa shape index (κ2) is 9.93. The monoisotopic (exact) mass is 506 g/mol. The Kier molecular flexibility index (Phi) is 8.21. The fourth-order valence-corrected chi connectivity index (χ4v) is 3.95. The zero-order valence-corrected chi connectivity index (χ0v) is 25.8. The molecule has 0 aliphatic heterocycles. The van der Waals surface area contributed by atoms with E-state index in [1.54, 1.807) is 0 Å². The molecular formula is C33H50N2O2. The number of rotatable bonds is 4. The van der Waals surface area contributed by atoms with Crippen LogP contribution in [0.15, 0.2) is 34.3 Å². The summed E-state index contributed by atoms with van der Waals surface area (Å²) in [5.74, 6) is 0.435. The maximum absolute atomic E-state index is 11.1. The molecule has 2 aromatic rings. The minimum absolute atomic E-state index is 0.0741. The van der Waals surface area contributed by atoms with E-state index < -0.39 is 5.41 Å². The quantitative estimate of drug-likeness (QED) is 0.406. The molecule has 0 saturated heterocycles. The van der Waals surface area contributed by atoms with Gasteiger partial charge in [0.1, 0.15) is 22.9 Å². The van der Waals surface area contributed by atoms with Gasteiger partial charge in [-0.25, -0.2) is 0 Å². The van der Waals surface area contributed by atoms with E-state index in [0.717, 1.165) is 22.3 Å². The van der Waals surface area contributed by atoms with Crippen molar-refractivity contribution in [2.24, 2.45) is 15.4 Å². The second-order valence-electron chi connectivity index (χ2n) is 15.1. The number of aromatic hydroxyl groups is 2. The summed E-state index contributed by atoms with van der Waals surface area (Å²) in [7, 11) is 0. The summed E-state index contributed by atoms with van der Waals surface area (Å²) in [6.45, 7) is 29.6. The molecule has 0 bridgehead atoms. The molecular weight excluding hydrogens is 456 g/mol. The number of phenols is 2. The highest BCUT2D eigenvalue weighted by Gasteiger charge is 2.27. The summed E-state index contributed by atoms with van der Waals surface area (Å²) in [4.78, 5) is 9.49. The van der Waals surface area contributed by atoms with Gasteiger partial charge >= 0.3 is 0 Å². The van der Waals surface area contributed by atoms with Crippen molar-refractivity contribution in [3.8, 4) is 11.5 Å². The smallest absolute Gasteiger partial charge is 0.144 e. The summed E-state index contributed by atoms with van der Waals surface area (Å²) >= 11 is 0. The Hall–Kier alpha value is -2.62. The topological polar surface area (TPSA) is 65.2 Å². The molecule has 37 heavy (non-hydrogen) atoms. The first-order valence-electron chi connectivity index (χ1n) is 13.3. The lowest BCUT2D eigenvalue weighted by Gasteiger charge is -2.27. The first kappa shape index (κ1) is 30.6. The first-order chi connectivity index (χ1) is 16.4. The zero-order valence-electron chi connectivity index (χ0n) is 25.8. The highest BCUT2D eigenvalue weighted by molar-refractivity contribution is 5.91. The molecule has 0 atom stereocenters. The van der Waals surface area contributed by atoms with Crippen LogP contribution in [0.4, 0.5) is 11.4 Å². The number of phenolic OH excluding ortho intramolecular Hbond substituents is 2. The largest absolute Gasteiger partial charge is 0.505 e. The van der Waals surface area contributed by atoms with E-state index in [0.29, 0.717) is 11.4 Å². The predicted molar refractivity (Wildman–Crippen MR) is 161 cm³/mol. The van der Waals surface area contributed by atoms with E-state index in [2.05, 4.69) is 95.2 Å². The summed E-state index contributed by atoms with van der Waals surface area (Å²) in [6.07, 6.45) is 3.64. The van der Waals surface area contributed by atoms with Crippen LogP contribution in [0.1, 0.15) is 119 Å². The Morgan fingerprint density at radius 2 is 0.784 bits per heavy atom. The summed E-state index contributed by atoms with van der Waals surface area (Å²) in [6, 6.07) is 8.14. The van der Waals surface area contributed by atoms with Crippen molar-refractivity contribution in [2.45, 2.75) is 119 Å². The Bertz CT molecular complexity index is 1100. The molecule has 2 N–H and O–H groups in total. The van der Waals surface area contributed by atoms with E-state index in [9.17, 15) is 10.2 Å². The van der Waals surface area contributed by atoms with Crippen LogP contribution in [-0.4, -0.2) is 22.6 Å². The fraction of sp³-hybridized carbons (Fsp3) is 0.576. The van der Waals surface area contributed by atoms with E-state index in [1.165, 1.54) is 0 Å². The molecule has 0 aromatic heterocycles. The second-order valence-corrected chi connectivity index (χ2v) is 15.1. The van der Waals surface area contributed by atoms with Gasteiger partial charge in [0, 0.05) is 29.0 Å². The number of hydrogen-bond acceptors (Lipinski definition) is 4. The number of nitrogens with zero attached hydrogens (tertiary/aromatic N) is 2. The molecule has 0 aliphatic carbocycles. The molecule has 4 heteroatoms. The molecule has 0 amide bonds. The standard InChI is InChI=1S/C33H50N2O2/c1-29(2,3)21-15-23(31(7,8)9)27(36)25(17-21)34-19-33(13,14)20-35-26-18-22(30(4,5)6)16-24(28(26)37)32(10,11)12/h15-20,36-37H,1-14H3. The minimum atomic E-state index is -0.516. The predicted octanol–water partition coefficient (Wildman–Crippen LogP) is 9.42. The van der Waals surface area contributed by atoms with Crippen LogP contribution >= 0.6 is 0 Å². The van der Waals surface area contributed by atoms with Crippen LogP contribution in [0.5, 0.6) is 11.5 Å². The van der Waals surface area contributed by atoms with E-state index >= 15 is 0 Å². The van der Waals surface area contributed by atoms with Crippen LogP contribution in [0, 0.1) is 5.41 Å². The van der Waals surface area contributed by atoms with Crippen molar-refractivity contribution < 1.29 is 10.2 Å². The Morgan fingerprint density at radius 1 is 0.486 bits per heavy atom. The lowest BCUT2D eigenvalue weighted by molar-refractivity contribution is 0.445. The van der Waals surface area contributed by atoms with Crippen LogP contribution in [0.3, 0.4) is 0 Å². The molecule has 204 valence electrons. The average Bonchev–Trinajstić information content (AvgIpc) is 2.68. The third kappa shape index (κ3) is 7.69. The van der Waals surface area contributed by atoms with Gasteiger partial charge < -0.3 is 10.2 Å². The normalized spacial score (nSPS) is 14.2. The third-order valence-corrected chi connectivity index (χ3v) is 6.60. The Morgan fingerprint density at radius 3 is 1.03 bits per heavy atom. The van der Waals surface area contributed by atoms with Crippen molar-refractivity contribution in [3.63, 3.8) is 0 Å².